The van der Waals surface area contributed by atoms with E-state index in [-0.39, 0.29) is 0 Å². The molecule has 2 saturated heterocycles. The SMILES string of the molecule is C1CCC2(CC1)CCN(C1CCCCNC1)CC2. The van der Waals surface area contributed by atoms with Crippen molar-refractivity contribution in [1.29, 1.82) is 0 Å². The Morgan fingerprint density at radius 2 is 1.61 bits per heavy atom. The standard InChI is InChI=1S/C16H30N2/c1-3-7-16(8-4-1)9-12-18(13-10-16)15-6-2-5-11-17-14-15/h15,17H,1-14H2. The zero-order valence-electron chi connectivity index (χ0n) is 11.9. The molecule has 2 heterocycles. The topological polar surface area (TPSA) is 15.3 Å². The molecule has 0 radical (unpaired) electrons. The Kier molecular flexibility index (Phi) is 4.25. The highest BCUT2D eigenvalue weighted by Gasteiger charge is 2.36. The monoisotopic (exact) mass is 250 g/mol. The first-order chi connectivity index (χ1) is 8.88. The first kappa shape index (κ1) is 12.9. The fraction of sp³-hybridized carbons (Fsp3) is 1.00. The van der Waals surface area contributed by atoms with Gasteiger partial charge >= 0.3 is 0 Å². The number of piperidine rings is 1. The van der Waals surface area contributed by atoms with Crippen LogP contribution >= 0.6 is 0 Å². The quantitative estimate of drug-likeness (QED) is 0.769. The number of likely N-dealkylation sites (tertiary alicyclic amines) is 1. The second-order valence-electron chi connectivity index (χ2n) is 6.95. The molecule has 0 aromatic heterocycles. The van der Waals surface area contributed by atoms with Crippen molar-refractivity contribution in [3.05, 3.63) is 0 Å². The maximum Gasteiger partial charge on any atom is 0.0220 e. The molecule has 3 rings (SSSR count). The van der Waals surface area contributed by atoms with Crippen LogP contribution in [0.5, 0.6) is 0 Å². The van der Waals surface area contributed by atoms with E-state index >= 15 is 0 Å². The van der Waals surface area contributed by atoms with E-state index < -0.39 is 0 Å². The lowest BCUT2D eigenvalue weighted by atomic mass is 9.68. The normalized spacial score (nSPS) is 34.3. The number of nitrogens with zero attached hydrogens (tertiary/aromatic N) is 1. The third-order valence-electron chi connectivity index (χ3n) is 5.81. The van der Waals surface area contributed by atoms with Crippen molar-refractivity contribution in [2.24, 2.45) is 5.41 Å². The zero-order chi connectivity index (χ0) is 12.3. The van der Waals surface area contributed by atoms with Gasteiger partial charge in [0.25, 0.3) is 0 Å². The summed E-state index contributed by atoms with van der Waals surface area (Å²) in [6.45, 7) is 5.25. The molecule has 2 nitrogen and oxygen atoms in total. The van der Waals surface area contributed by atoms with Crippen molar-refractivity contribution >= 4 is 0 Å². The molecular weight excluding hydrogens is 220 g/mol. The van der Waals surface area contributed by atoms with Crippen LogP contribution in [0.4, 0.5) is 0 Å². The molecule has 1 unspecified atom stereocenters. The minimum atomic E-state index is 0.771. The molecule has 3 fully saturated rings. The summed E-state index contributed by atoms with van der Waals surface area (Å²) in [7, 11) is 0. The lowest BCUT2D eigenvalue weighted by Gasteiger charge is -2.46. The van der Waals surface area contributed by atoms with Crippen molar-refractivity contribution in [3.8, 4) is 0 Å². The van der Waals surface area contributed by atoms with Crippen molar-refractivity contribution in [1.82, 2.24) is 10.2 Å². The van der Waals surface area contributed by atoms with Crippen LogP contribution in [0.1, 0.15) is 64.2 Å². The summed E-state index contributed by atoms with van der Waals surface area (Å²) < 4.78 is 0. The molecule has 1 N–H and O–H groups in total. The summed E-state index contributed by atoms with van der Waals surface area (Å²) >= 11 is 0. The van der Waals surface area contributed by atoms with Gasteiger partial charge in [-0.3, -0.25) is 4.90 Å². The molecule has 2 aliphatic heterocycles. The third kappa shape index (κ3) is 2.91. The van der Waals surface area contributed by atoms with Crippen molar-refractivity contribution in [3.63, 3.8) is 0 Å². The minimum Gasteiger partial charge on any atom is -0.315 e. The Bertz CT molecular complexity index is 240. The molecule has 1 aliphatic carbocycles. The minimum absolute atomic E-state index is 0.771. The largest absolute Gasteiger partial charge is 0.315 e. The first-order valence-electron chi connectivity index (χ1n) is 8.33. The van der Waals surface area contributed by atoms with Crippen molar-refractivity contribution < 1.29 is 0 Å². The van der Waals surface area contributed by atoms with Gasteiger partial charge in [0, 0.05) is 12.6 Å². The molecule has 104 valence electrons. The Hall–Kier alpha value is -0.0800. The highest BCUT2D eigenvalue weighted by molar-refractivity contribution is 4.90. The maximum absolute atomic E-state index is 3.62. The van der Waals surface area contributed by atoms with Crippen molar-refractivity contribution in [2.75, 3.05) is 26.2 Å². The Morgan fingerprint density at radius 1 is 0.833 bits per heavy atom. The van der Waals surface area contributed by atoms with E-state index in [1.165, 1.54) is 90.4 Å². The molecule has 0 aromatic carbocycles. The number of hydrogen-bond acceptors (Lipinski definition) is 2. The van der Waals surface area contributed by atoms with Gasteiger partial charge < -0.3 is 5.32 Å². The number of rotatable bonds is 1. The van der Waals surface area contributed by atoms with E-state index in [0.29, 0.717) is 0 Å². The summed E-state index contributed by atoms with van der Waals surface area (Å²) in [5, 5.41) is 3.62. The van der Waals surface area contributed by atoms with E-state index in [2.05, 4.69) is 10.2 Å². The molecule has 3 aliphatic rings. The molecule has 1 atom stereocenters. The predicted molar refractivity (Wildman–Crippen MR) is 76.8 cm³/mol. The maximum atomic E-state index is 3.62. The summed E-state index contributed by atoms with van der Waals surface area (Å²) in [5.41, 5.74) is 0.771. The van der Waals surface area contributed by atoms with Gasteiger partial charge in [-0.1, -0.05) is 25.7 Å². The van der Waals surface area contributed by atoms with Gasteiger partial charge in [-0.2, -0.15) is 0 Å². The van der Waals surface area contributed by atoms with Gasteiger partial charge in [0.15, 0.2) is 0 Å². The molecular formula is C16H30N2. The van der Waals surface area contributed by atoms with Gasteiger partial charge in [0.1, 0.15) is 0 Å². The lowest BCUT2D eigenvalue weighted by Crippen LogP contribution is -2.48. The van der Waals surface area contributed by atoms with Crippen LogP contribution in [0.2, 0.25) is 0 Å². The van der Waals surface area contributed by atoms with Crippen LogP contribution < -0.4 is 5.32 Å². The molecule has 2 heteroatoms. The fourth-order valence-corrected chi connectivity index (χ4v) is 4.48. The van der Waals surface area contributed by atoms with Crippen molar-refractivity contribution in [2.45, 2.75) is 70.3 Å². The highest BCUT2D eigenvalue weighted by atomic mass is 15.2. The van der Waals surface area contributed by atoms with Crippen LogP contribution in [0.25, 0.3) is 0 Å². The summed E-state index contributed by atoms with van der Waals surface area (Å²) in [6.07, 6.45) is 14.8. The zero-order valence-corrected chi connectivity index (χ0v) is 11.9. The molecule has 0 bridgehead atoms. The van der Waals surface area contributed by atoms with E-state index in [9.17, 15) is 0 Å². The molecule has 1 saturated carbocycles. The first-order valence-corrected chi connectivity index (χ1v) is 8.33. The van der Waals surface area contributed by atoms with Crippen LogP contribution in [-0.2, 0) is 0 Å². The van der Waals surface area contributed by atoms with Gasteiger partial charge in [-0.15, -0.1) is 0 Å². The Labute approximate surface area is 113 Å². The second kappa shape index (κ2) is 5.92. The van der Waals surface area contributed by atoms with Crippen LogP contribution in [0.3, 0.4) is 0 Å². The number of hydrogen-bond donors (Lipinski definition) is 1. The fourth-order valence-electron chi connectivity index (χ4n) is 4.48. The lowest BCUT2D eigenvalue weighted by molar-refractivity contribution is 0.0438. The molecule has 0 amide bonds. The molecule has 0 aromatic rings. The second-order valence-corrected chi connectivity index (χ2v) is 6.95. The van der Waals surface area contributed by atoms with Crippen LogP contribution in [0, 0.1) is 5.41 Å². The molecule has 1 spiro atoms. The summed E-state index contributed by atoms with van der Waals surface area (Å²) in [4.78, 5) is 2.80. The van der Waals surface area contributed by atoms with Gasteiger partial charge in [-0.25, -0.2) is 0 Å². The average Bonchev–Trinajstić information content (AvgIpc) is 2.70. The Morgan fingerprint density at radius 3 is 2.39 bits per heavy atom. The van der Waals surface area contributed by atoms with E-state index in [1.54, 1.807) is 0 Å². The highest BCUT2D eigenvalue weighted by Crippen LogP contribution is 2.44. The third-order valence-corrected chi connectivity index (χ3v) is 5.81. The van der Waals surface area contributed by atoms with Crippen LogP contribution in [0.15, 0.2) is 0 Å². The van der Waals surface area contributed by atoms with E-state index in [1.807, 2.05) is 0 Å². The Balaban J connectivity index is 1.52. The van der Waals surface area contributed by atoms with E-state index in [4.69, 9.17) is 0 Å². The summed E-state index contributed by atoms with van der Waals surface area (Å²) in [5.74, 6) is 0. The van der Waals surface area contributed by atoms with Gasteiger partial charge in [0.2, 0.25) is 0 Å². The van der Waals surface area contributed by atoms with Gasteiger partial charge in [-0.05, 0) is 63.6 Å². The van der Waals surface area contributed by atoms with Gasteiger partial charge in [0.05, 0.1) is 0 Å². The average molecular weight is 250 g/mol. The van der Waals surface area contributed by atoms with E-state index in [0.717, 1.165) is 11.5 Å². The predicted octanol–water partition coefficient (Wildman–Crippen LogP) is 3.17. The smallest absolute Gasteiger partial charge is 0.0220 e. The molecule has 18 heavy (non-hydrogen) atoms. The van der Waals surface area contributed by atoms with Crippen LogP contribution in [-0.4, -0.2) is 37.1 Å². The number of nitrogens with one attached hydrogen (secondary N) is 1. The summed E-state index contributed by atoms with van der Waals surface area (Å²) in [6, 6.07) is 0.841.